The number of furan rings is 1. The maximum atomic E-state index is 11.5. The van der Waals surface area contributed by atoms with Crippen molar-refractivity contribution in [1.29, 1.82) is 0 Å². The van der Waals surface area contributed by atoms with Gasteiger partial charge in [0.25, 0.3) is 0 Å². The van der Waals surface area contributed by atoms with Crippen LogP contribution in [0.5, 0.6) is 0 Å². The fraction of sp³-hybridized carbons (Fsp3) is 0.615. The maximum Gasteiger partial charge on any atom is 0.301 e. The lowest BCUT2D eigenvalue weighted by atomic mass is 10.0. The van der Waals surface area contributed by atoms with Crippen molar-refractivity contribution in [3.05, 3.63) is 23.7 Å². The van der Waals surface area contributed by atoms with E-state index >= 15 is 0 Å². The molecule has 1 fully saturated rings. The zero-order chi connectivity index (χ0) is 13.7. The Labute approximate surface area is 112 Å². The first-order valence-corrected chi connectivity index (χ1v) is 6.54. The molecule has 1 aromatic rings. The predicted octanol–water partition coefficient (Wildman–Crippen LogP) is 0.741. The first kappa shape index (κ1) is 14.0. The number of ether oxygens (including phenoxy) is 1. The first-order valence-electron chi connectivity index (χ1n) is 6.54. The summed E-state index contributed by atoms with van der Waals surface area (Å²) in [6, 6.07) is 1.80. The molecule has 1 saturated heterocycles. The number of hydrazine groups is 1. The van der Waals surface area contributed by atoms with Gasteiger partial charge in [-0.15, -0.1) is 0 Å². The Morgan fingerprint density at radius 2 is 2.47 bits per heavy atom. The molecule has 0 bridgehead atoms. The van der Waals surface area contributed by atoms with Crippen molar-refractivity contribution in [2.24, 2.45) is 11.8 Å². The average molecular weight is 267 g/mol. The van der Waals surface area contributed by atoms with Crippen LogP contribution in [0.15, 0.2) is 16.7 Å². The molecule has 6 heteroatoms. The number of amides is 1. The van der Waals surface area contributed by atoms with Gasteiger partial charge in [0.1, 0.15) is 0 Å². The van der Waals surface area contributed by atoms with Crippen molar-refractivity contribution in [2.45, 2.75) is 19.4 Å². The van der Waals surface area contributed by atoms with Gasteiger partial charge in [-0.3, -0.25) is 10.2 Å². The number of carbonyl (C=O) groups is 1. The Morgan fingerprint density at radius 1 is 1.63 bits per heavy atom. The molecule has 2 rings (SSSR count). The quantitative estimate of drug-likeness (QED) is 0.467. The monoisotopic (exact) mass is 267 g/mol. The molecule has 3 N–H and O–H groups in total. The molecule has 0 spiro atoms. The van der Waals surface area contributed by atoms with Crippen molar-refractivity contribution in [2.75, 3.05) is 26.8 Å². The predicted molar refractivity (Wildman–Crippen MR) is 70.2 cm³/mol. The van der Waals surface area contributed by atoms with Gasteiger partial charge in [-0.05, 0) is 31.9 Å². The summed E-state index contributed by atoms with van der Waals surface area (Å²) in [5, 5.41) is 0. The number of nitrogens with one attached hydrogen (secondary N) is 1. The Balaban J connectivity index is 1.89. The van der Waals surface area contributed by atoms with E-state index in [0.29, 0.717) is 12.5 Å². The van der Waals surface area contributed by atoms with Crippen LogP contribution in [0.2, 0.25) is 0 Å². The lowest BCUT2D eigenvalue weighted by Gasteiger charge is -2.26. The highest BCUT2D eigenvalue weighted by molar-refractivity contribution is 5.92. The van der Waals surface area contributed by atoms with Crippen molar-refractivity contribution in [3.63, 3.8) is 0 Å². The lowest BCUT2D eigenvalue weighted by Crippen LogP contribution is -2.33. The second-order valence-corrected chi connectivity index (χ2v) is 5.03. The smallest absolute Gasteiger partial charge is 0.301 e. The summed E-state index contributed by atoms with van der Waals surface area (Å²) in [4.78, 5) is 13.7. The summed E-state index contributed by atoms with van der Waals surface area (Å²) in [5.74, 6) is 5.58. The minimum absolute atomic E-state index is 0.286. The normalized spacial score (nSPS) is 19.6. The maximum absolute atomic E-state index is 11.5. The summed E-state index contributed by atoms with van der Waals surface area (Å²) in [7, 11) is 2.03. The van der Waals surface area contributed by atoms with Gasteiger partial charge in [-0.2, -0.15) is 0 Å². The third kappa shape index (κ3) is 3.79. The number of nitrogens with zero attached hydrogens (tertiary/aromatic N) is 1. The minimum Gasteiger partial charge on any atom is -0.459 e. The van der Waals surface area contributed by atoms with Gasteiger partial charge >= 0.3 is 5.91 Å². The molecule has 1 unspecified atom stereocenters. The molecule has 0 radical (unpaired) electrons. The Morgan fingerprint density at radius 3 is 3.16 bits per heavy atom. The Kier molecular flexibility index (Phi) is 4.95. The zero-order valence-corrected chi connectivity index (χ0v) is 11.2. The summed E-state index contributed by atoms with van der Waals surface area (Å²) in [5.41, 5.74) is 2.94. The van der Waals surface area contributed by atoms with Crippen LogP contribution in [-0.2, 0) is 11.3 Å². The largest absolute Gasteiger partial charge is 0.459 e. The zero-order valence-electron chi connectivity index (χ0n) is 11.2. The molecule has 1 aliphatic heterocycles. The lowest BCUT2D eigenvalue weighted by molar-refractivity contribution is 0.0411. The van der Waals surface area contributed by atoms with Gasteiger partial charge in [0.05, 0.1) is 12.9 Å². The first-order chi connectivity index (χ1) is 9.20. The molecule has 0 saturated carbocycles. The van der Waals surface area contributed by atoms with Crippen LogP contribution >= 0.6 is 0 Å². The third-order valence-corrected chi connectivity index (χ3v) is 3.35. The van der Waals surface area contributed by atoms with Crippen LogP contribution < -0.4 is 11.3 Å². The van der Waals surface area contributed by atoms with Crippen molar-refractivity contribution >= 4 is 5.91 Å². The van der Waals surface area contributed by atoms with Crippen LogP contribution in [0.3, 0.4) is 0 Å². The second kappa shape index (κ2) is 6.70. The molecule has 2 heterocycles. The number of hydrogen-bond acceptors (Lipinski definition) is 5. The van der Waals surface area contributed by atoms with E-state index in [2.05, 4.69) is 10.3 Å². The molecule has 1 amide bonds. The Bertz CT molecular complexity index is 413. The van der Waals surface area contributed by atoms with E-state index in [1.54, 1.807) is 6.07 Å². The van der Waals surface area contributed by atoms with E-state index in [4.69, 9.17) is 15.0 Å². The highest BCUT2D eigenvalue weighted by Gasteiger charge is 2.19. The van der Waals surface area contributed by atoms with Gasteiger partial charge in [-0.25, -0.2) is 5.84 Å². The molecule has 0 aromatic carbocycles. The molecule has 19 heavy (non-hydrogen) atoms. The number of nitrogen functional groups attached to an aromatic ring is 1. The summed E-state index contributed by atoms with van der Waals surface area (Å²) < 4.78 is 10.6. The average Bonchev–Trinajstić information content (AvgIpc) is 2.87. The molecule has 0 aliphatic carbocycles. The highest BCUT2D eigenvalue weighted by Crippen LogP contribution is 2.17. The van der Waals surface area contributed by atoms with Gasteiger partial charge in [0.2, 0.25) is 0 Å². The molecular weight excluding hydrogens is 246 g/mol. The SMILES string of the molecule is CN(Cc1ccoc1C(=O)NN)CC1CCCOC1. The van der Waals surface area contributed by atoms with Crippen LogP contribution in [-0.4, -0.2) is 37.6 Å². The number of hydrogen-bond donors (Lipinski definition) is 2. The van der Waals surface area contributed by atoms with Gasteiger partial charge < -0.3 is 14.1 Å². The molecule has 1 aliphatic rings. The highest BCUT2D eigenvalue weighted by atomic mass is 16.5. The molecule has 1 aromatic heterocycles. The molecule has 6 nitrogen and oxygen atoms in total. The fourth-order valence-corrected chi connectivity index (χ4v) is 2.47. The topological polar surface area (TPSA) is 80.7 Å². The van der Waals surface area contributed by atoms with Gasteiger partial charge in [0, 0.05) is 25.3 Å². The van der Waals surface area contributed by atoms with Crippen molar-refractivity contribution in [1.82, 2.24) is 10.3 Å². The number of nitrogens with two attached hydrogens (primary N) is 1. The third-order valence-electron chi connectivity index (χ3n) is 3.35. The van der Waals surface area contributed by atoms with E-state index in [-0.39, 0.29) is 5.76 Å². The Hall–Kier alpha value is -1.37. The van der Waals surface area contributed by atoms with E-state index in [9.17, 15) is 4.79 Å². The van der Waals surface area contributed by atoms with Crippen LogP contribution in [0.1, 0.15) is 29.0 Å². The van der Waals surface area contributed by atoms with Crippen LogP contribution in [0.4, 0.5) is 0 Å². The molecule has 1 atom stereocenters. The van der Waals surface area contributed by atoms with E-state index in [1.807, 2.05) is 7.05 Å². The minimum atomic E-state index is -0.394. The second-order valence-electron chi connectivity index (χ2n) is 5.03. The standard InChI is InChI=1S/C13H21N3O3/c1-16(7-10-3-2-5-18-9-10)8-11-4-6-19-12(11)13(17)15-14/h4,6,10H,2-3,5,7-9,14H2,1H3,(H,15,17). The fourth-order valence-electron chi connectivity index (χ4n) is 2.47. The molecular formula is C13H21N3O3. The summed E-state index contributed by atoms with van der Waals surface area (Å²) in [6.45, 7) is 3.32. The van der Waals surface area contributed by atoms with Crippen LogP contribution in [0, 0.1) is 5.92 Å². The van der Waals surface area contributed by atoms with Crippen molar-refractivity contribution < 1.29 is 13.9 Å². The number of rotatable bonds is 5. The van der Waals surface area contributed by atoms with Crippen LogP contribution in [0.25, 0.3) is 0 Å². The van der Waals surface area contributed by atoms with Gasteiger partial charge in [-0.1, -0.05) is 0 Å². The molecule has 106 valence electrons. The van der Waals surface area contributed by atoms with E-state index in [0.717, 1.165) is 31.7 Å². The van der Waals surface area contributed by atoms with Crippen molar-refractivity contribution in [3.8, 4) is 0 Å². The van der Waals surface area contributed by atoms with E-state index < -0.39 is 5.91 Å². The summed E-state index contributed by atoms with van der Waals surface area (Å²) in [6.07, 6.45) is 3.84. The van der Waals surface area contributed by atoms with E-state index in [1.165, 1.54) is 12.7 Å². The van der Waals surface area contributed by atoms with Gasteiger partial charge in [0.15, 0.2) is 5.76 Å². The number of carbonyl (C=O) groups excluding carboxylic acids is 1. The summed E-state index contributed by atoms with van der Waals surface area (Å²) >= 11 is 0.